The maximum Gasteiger partial charge on any atom is 0.0738 e. The molecule has 2 atom stereocenters. The Morgan fingerprint density at radius 3 is 2.39 bits per heavy atom. The van der Waals surface area contributed by atoms with Crippen molar-refractivity contribution < 1.29 is 0 Å². The first-order chi connectivity index (χ1) is 8.42. The molecule has 0 aliphatic rings. The molecule has 0 fully saturated rings. The van der Waals surface area contributed by atoms with Crippen LogP contribution in [0, 0.1) is 18.8 Å². The van der Waals surface area contributed by atoms with Crippen LogP contribution in [0.3, 0.4) is 0 Å². The highest BCUT2D eigenvalue weighted by Gasteiger charge is 2.22. The van der Waals surface area contributed by atoms with Crippen molar-refractivity contribution in [1.82, 2.24) is 15.1 Å². The lowest BCUT2D eigenvalue weighted by Crippen LogP contribution is -2.37. The molecule has 0 amide bonds. The van der Waals surface area contributed by atoms with Crippen molar-refractivity contribution in [2.24, 2.45) is 11.8 Å². The van der Waals surface area contributed by atoms with E-state index >= 15 is 0 Å². The van der Waals surface area contributed by atoms with Gasteiger partial charge in [0.25, 0.3) is 0 Å². The van der Waals surface area contributed by atoms with Crippen LogP contribution in [0.1, 0.15) is 39.1 Å². The third-order valence-corrected chi connectivity index (χ3v) is 4.95. The van der Waals surface area contributed by atoms with Crippen molar-refractivity contribution in [2.45, 2.75) is 53.6 Å². The van der Waals surface area contributed by atoms with Crippen molar-refractivity contribution in [3.63, 3.8) is 0 Å². The minimum Gasteiger partial charge on any atom is -0.316 e. The van der Waals surface area contributed by atoms with E-state index in [1.54, 1.807) is 0 Å². The molecule has 0 aliphatic heterocycles. The zero-order valence-corrected chi connectivity index (χ0v) is 14.0. The van der Waals surface area contributed by atoms with Crippen LogP contribution in [-0.4, -0.2) is 22.9 Å². The second-order valence-corrected chi connectivity index (χ2v) is 6.16. The van der Waals surface area contributed by atoms with Gasteiger partial charge in [0.1, 0.15) is 0 Å². The van der Waals surface area contributed by atoms with E-state index in [9.17, 15) is 0 Å². The summed E-state index contributed by atoms with van der Waals surface area (Å²) < 4.78 is 3.28. The van der Waals surface area contributed by atoms with Crippen LogP contribution >= 0.6 is 15.9 Å². The summed E-state index contributed by atoms with van der Waals surface area (Å²) >= 11 is 3.67. The first kappa shape index (κ1) is 15.7. The minimum atomic E-state index is 0.489. The Labute approximate surface area is 119 Å². The summed E-state index contributed by atoms with van der Waals surface area (Å²) in [5.41, 5.74) is 2.39. The number of likely N-dealkylation sites (N-methyl/N-ethyl adjacent to an activating group) is 1. The Kier molecular flexibility index (Phi) is 5.86. The van der Waals surface area contributed by atoms with Crippen molar-refractivity contribution in [1.29, 1.82) is 0 Å². The highest BCUT2D eigenvalue weighted by Crippen LogP contribution is 2.25. The number of nitrogens with one attached hydrogen (secondary N) is 1. The number of aromatic nitrogens is 2. The van der Waals surface area contributed by atoms with Gasteiger partial charge in [0, 0.05) is 19.0 Å². The quantitative estimate of drug-likeness (QED) is 0.872. The van der Waals surface area contributed by atoms with E-state index in [0.717, 1.165) is 18.7 Å². The molecule has 0 saturated carbocycles. The summed E-state index contributed by atoms with van der Waals surface area (Å²) in [7, 11) is 2.05. The molecule has 3 nitrogen and oxygen atoms in total. The molecule has 0 radical (unpaired) electrons. The molecule has 0 bridgehead atoms. The molecule has 18 heavy (non-hydrogen) atoms. The summed E-state index contributed by atoms with van der Waals surface area (Å²) in [6.45, 7) is 12.0. The predicted octanol–water partition coefficient (Wildman–Crippen LogP) is 3.40. The lowest BCUT2D eigenvalue weighted by atomic mass is 9.88. The van der Waals surface area contributed by atoms with Gasteiger partial charge >= 0.3 is 0 Å². The Balaban J connectivity index is 2.94. The van der Waals surface area contributed by atoms with Gasteiger partial charge in [-0.3, -0.25) is 4.68 Å². The van der Waals surface area contributed by atoms with Gasteiger partial charge in [0.15, 0.2) is 0 Å². The topological polar surface area (TPSA) is 29.9 Å². The van der Waals surface area contributed by atoms with Gasteiger partial charge < -0.3 is 5.32 Å². The van der Waals surface area contributed by atoms with Crippen molar-refractivity contribution in [2.75, 3.05) is 7.05 Å². The summed E-state index contributed by atoms with van der Waals surface area (Å²) in [6.07, 6.45) is 1.02. The molecule has 104 valence electrons. The lowest BCUT2D eigenvalue weighted by Gasteiger charge is -2.27. The van der Waals surface area contributed by atoms with Gasteiger partial charge in [-0.15, -0.1) is 0 Å². The largest absolute Gasteiger partial charge is 0.316 e. The minimum absolute atomic E-state index is 0.489. The predicted molar refractivity (Wildman–Crippen MR) is 80.9 cm³/mol. The van der Waals surface area contributed by atoms with Crippen LogP contribution in [0.4, 0.5) is 0 Å². The summed E-state index contributed by atoms with van der Waals surface area (Å²) in [6, 6.07) is 0.489. The van der Waals surface area contributed by atoms with E-state index in [1.165, 1.54) is 10.2 Å². The maximum absolute atomic E-state index is 4.56. The molecular weight excluding hydrogens is 290 g/mol. The van der Waals surface area contributed by atoms with Gasteiger partial charge in [-0.25, -0.2) is 0 Å². The second kappa shape index (κ2) is 6.71. The molecule has 1 N–H and O–H groups in total. The van der Waals surface area contributed by atoms with Crippen molar-refractivity contribution >= 4 is 15.9 Å². The monoisotopic (exact) mass is 315 g/mol. The van der Waals surface area contributed by atoms with Gasteiger partial charge in [0.2, 0.25) is 0 Å². The zero-order valence-electron chi connectivity index (χ0n) is 12.4. The highest BCUT2D eigenvalue weighted by atomic mass is 79.9. The standard InChI is InChI=1S/C14H26BrN3/c1-7-18-13(14(15)11(5)17-18)8-12(16-6)10(4)9(2)3/h9-10,12,16H,7-8H2,1-6H3. The number of hydrogen-bond acceptors (Lipinski definition) is 2. The number of nitrogens with zero attached hydrogens (tertiary/aromatic N) is 2. The first-order valence-electron chi connectivity index (χ1n) is 6.81. The Morgan fingerprint density at radius 2 is 1.94 bits per heavy atom. The molecule has 1 aromatic rings. The summed E-state index contributed by atoms with van der Waals surface area (Å²) in [5, 5.41) is 8.02. The van der Waals surface area contributed by atoms with Crippen molar-refractivity contribution in [3.05, 3.63) is 15.9 Å². The number of halogens is 1. The molecule has 0 spiro atoms. The van der Waals surface area contributed by atoms with Gasteiger partial charge in [0.05, 0.1) is 15.9 Å². The van der Waals surface area contributed by atoms with Crippen LogP contribution in [-0.2, 0) is 13.0 Å². The second-order valence-electron chi connectivity index (χ2n) is 5.36. The van der Waals surface area contributed by atoms with Crippen LogP contribution in [0.15, 0.2) is 4.47 Å². The number of rotatable bonds is 6. The van der Waals surface area contributed by atoms with E-state index in [0.29, 0.717) is 17.9 Å². The van der Waals surface area contributed by atoms with Crippen LogP contribution in [0.5, 0.6) is 0 Å². The fourth-order valence-electron chi connectivity index (χ4n) is 2.29. The van der Waals surface area contributed by atoms with Crippen LogP contribution < -0.4 is 5.32 Å². The Hall–Kier alpha value is -0.350. The highest BCUT2D eigenvalue weighted by molar-refractivity contribution is 9.10. The molecule has 0 saturated heterocycles. The van der Waals surface area contributed by atoms with Gasteiger partial charge in [-0.05, 0) is 48.7 Å². The normalized spacial score (nSPS) is 15.1. The SMILES string of the molecule is CCn1nc(C)c(Br)c1CC(NC)C(C)C(C)C. The smallest absolute Gasteiger partial charge is 0.0738 e. The zero-order chi connectivity index (χ0) is 13.9. The van der Waals surface area contributed by atoms with Gasteiger partial charge in [-0.1, -0.05) is 20.8 Å². The van der Waals surface area contributed by atoms with E-state index in [4.69, 9.17) is 0 Å². The molecule has 1 aromatic heterocycles. The van der Waals surface area contributed by atoms with Gasteiger partial charge in [-0.2, -0.15) is 5.10 Å². The van der Waals surface area contributed by atoms with Crippen LogP contribution in [0.2, 0.25) is 0 Å². The van der Waals surface area contributed by atoms with E-state index in [1.807, 2.05) is 0 Å². The number of aryl methyl sites for hydroxylation is 2. The Morgan fingerprint density at radius 1 is 1.33 bits per heavy atom. The van der Waals surface area contributed by atoms with Crippen LogP contribution in [0.25, 0.3) is 0 Å². The maximum atomic E-state index is 4.56. The molecule has 1 rings (SSSR count). The van der Waals surface area contributed by atoms with Crippen molar-refractivity contribution in [3.8, 4) is 0 Å². The molecule has 1 heterocycles. The lowest BCUT2D eigenvalue weighted by molar-refractivity contribution is 0.305. The van der Waals surface area contributed by atoms with E-state index in [-0.39, 0.29) is 0 Å². The average molecular weight is 316 g/mol. The first-order valence-corrected chi connectivity index (χ1v) is 7.60. The third-order valence-electron chi connectivity index (χ3n) is 3.92. The molecule has 0 aromatic carbocycles. The average Bonchev–Trinajstić information content (AvgIpc) is 2.61. The fraction of sp³-hybridized carbons (Fsp3) is 0.786. The molecule has 0 aliphatic carbocycles. The number of hydrogen-bond donors (Lipinski definition) is 1. The third kappa shape index (κ3) is 3.35. The molecule has 2 unspecified atom stereocenters. The van der Waals surface area contributed by atoms with E-state index < -0.39 is 0 Å². The van der Waals surface area contributed by atoms with E-state index in [2.05, 4.69) is 72.7 Å². The Bertz CT molecular complexity index is 385. The fourth-order valence-corrected chi connectivity index (χ4v) is 2.73. The molecular formula is C14H26BrN3. The molecule has 4 heteroatoms. The summed E-state index contributed by atoms with van der Waals surface area (Å²) in [4.78, 5) is 0. The summed E-state index contributed by atoms with van der Waals surface area (Å²) in [5.74, 6) is 1.32.